The Morgan fingerprint density at radius 2 is 1.81 bits per heavy atom. The summed E-state index contributed by atoms with van der Waals surface area (Å²) < 4.78 is 5.47. The van der Waals surface area contributed by atoms with Gasteiger partial charge in [0.05, 0.1) is 0 Å². The minimum Gasteiger partial charge on any atom is -0.427 e. The summed E-state index contributed by atoms with van der Waals surface area (Å²) in [7, 11) is 0. The second-order valence-corrected chi connectivity index (χ2v) is 11.4. The van der Waals surface area contributed by atoms with E-state index in [1.165, 1.54) is 31.9 Å². The van der Waals surface area contributed by atoms with E-state index >= 15 is 0 Å². The van der Waals surface area contributed by atoms with Crippen molar-refractivity contribution in [2.45, 2.75) is 56.9 Å². The molecule has 0 spiro atoms. The van der Waals surface area contributed by atoms with Crippen LogP contribution in [-0.2, 0) is 10.2 Å². The van der Waals surface area contributed by atoms with E-state index in [0.717, 1.165) is 55.5 Å². The standard InChI is InChI=1S/C32H36N2O3/c1-22(35)37-30-8-4-7-27(18-30)32-15-16-34(20-23-9-10-23)21-28(32)13-14-29(19-32)33-31(36)26-12-11-24-5-2-3-6-25(24)17-26/h2-8,11-12,17-18,23,28-29H,9-10,13-16,19-21H2,1H3,(H,33,36)/t28-,29-,32+/m1/s1. The van der Waals surface area contributed by atoms with Gasteiger partial charge in [-0.1, -0.05) is 42.5 Å². The minimum atomic E-state index is -0.297. The number of likely N-dealkylation sites (tertiary alicyclic amines) is 1. The molecule has 37 heavy (non-hydrogen) atoms. The smallest absolute Gasteiger partial charge is 0.308 e. The number of esters is 1. The third kappa shape index (κ3) is 5.15. The van der Waals surface area contributed by atoms with E-state index < -0.39 is 0 Å². The summed E-state index contributed by atoms with van der Waals surface area (Å²) in [6.07, 6.45) is 6.81. The number of hydrogen-bond donors (Lipinski definition) is 1. The highest BCUT2D eigenvalue weighted by atomic mass is 16.5. The quantitative estimate of drug-likeness (QED) is 0.350. The molecule has 3 aromatic carbocycles. The van der Waals surface area contributed by atoms with Crippen LogP contribution < -0.4 is 10.1 Å². The Morgan fingerprint density at radius 3 is 2.62 bits per heavy atom. The molecular formula is C32H36N2O3. The Kier molecular flexibility index (Phi) is 6.49. The molecular weight excluding hydrogens is 460 g/mol. The average molecular weight is 497 g/mol. The Balaban J connectivity index is 1.25. The maximum Gasteiger partial charge on any atom is 0.308 e. The fourth-order valence-electron chi connectivity index (χ4n) is 6.81. The number of amides is 1. The van der Waals surface area contributed by atoms with Gasteiger partial charge in [-0.05, 0) is 97.5 Å². The number of hydrogen-bond acceptors (Lipinski definition) is 4. The summed E-state index contributed by atoms with van der Waals surface area (Å²) in [4.78, 5) is 27.7. The molecule has 1 saturated heterocycles. The van der Waals surface area contributed by atoms with Crippen molar-refractivity contribution < 1.29 is 14.3 Å². The van der Waals surface area contributed by atoms with Gasteiger partial charge in [-0.15, -0.1) is 0 Å². The molecule has 2 aliphatic carbocycles. The van der Waals surface area contributed by atoms with Gasteiger partial charge in [0.15, 0.2) is 0 Å². The van der Waals surface area contributed by atoms with Gasteiger partial charge in [0.2, 0.25) is 0 Å². The highest BCUT2D eigenvalue weighted by Gasteiger charge is 2.48. The van der Waals surface area contributed by atoms with Crippen molar-refractivity contribution in [1.82, 2.24) is 10.2 Å². The second kappa shape index (κ2) is 9.94. The third-order valence-electron chi connectivity index (χ3n) is 8.84. The highest BCUT2D eigenvalue weighted by molar-refractivity contribution is 5.98. The monoisotopic (exact) mass is 496 g/mol. The fourth-order valence-corrected chi connectivity index (χ4v) is 6.81. The Bertz CT molecular complexity index is 1320. The lowest BCUT2D eigenvalue weighted by Crippen LogP contribution is -2.56. The molecule has 0 unspecified atom stereocenters. The Labute approximate surface area is 219 Å². The van der Waals surface area contributed by atoms with E-state index in [-0.39, 0.29) is 23.3 Å². The summed E-state index contributed by atoms with van der Waals surface area (Å²) in [5.41, 5.74) is 1.92. The largest absolute Gasteiger partial charge is 0.427 e. The maximum atomic E-state index is 13.3. The van der Waals surface area contributed by atoms with Gasteiger partial charge in [-0.2, -0.15) is 0 Å². The minimum absolute atomic E-state index is 0.00388. The van der Waals surface area contributed by atoms with Crippen molar-refractivity contribution in [2.24, 2.45) is 11.8 Å². The summed E-state index contributed by atoms with van der Waals surface area (Å²) in [6.45, 7) is 4.86. The van der Waals surface area contributed by atoms with Crippen molar-refractivity contribution >= 4 is 22.6 Å². The number of benzene rings is 3. The number of ether oxygens (including phenoxy) is 1. The van der Waals surface area contributed by atoms with Gasteiger partial charge >= 0.3 is 5.97 Å². The molecule has 2 saturated carbocycles. The third-order valence-corrected chi connectivity index (χ3v) is 8.84. The Morgan fingerprint density at radius 1 is 0.973 bits per heavy atom. The van der Waals surface area contributed by atoms with Crippen molar-refractivity contribution in [2.75, 3.05) is 19.6 Å². The molecule has 3 atom stereocenters. The molecule has 5 heteroatoms. The van der Waals surface area contributed by atoms with Crippen molar-refractivity contribution in [1.29, 1.82) is 0 Å². The van der Waals surface area contributed by atoms with Crippen LogP contribution in [0.5, 0.6) is 5.75 Å². The number of rotatable bonds is 6. The maximum absolute atomic E-state index is 13.3. The molecule has 3 aliphatic rings. The topological polar surface area (TPSA) is 58.6 Å². The average Bonchev–Trinajstić information content (AvgIpc) is 3.72. The molecule has 1 amide bonds. The SMILES string of the molecule is CC(=O)Oc1cccc([C@@]23CCN(CC4CC4)C[C@H]2CC[C@@H](NC(=O)c2ccc4ccccc4c2)C3)c1. The van der Waals surface area contributed by atoms with Gasteiger partial charge in [0.1, 0.15) is 5.75 Å². The van der Waals surface area contributed by atoms with E-state index in [1.807, 2.05) is 42.5 Å². The number of carbonyl (C=O) groups is 2. The number of nitrogens with zero attached hydrogens (tertiary/aromatic N) is 1. The van der Waals surface area contributed by atoms with Crippen LogP contribution in [0.25, 0.3) is 10.8 Å². The molecule has 192 valence electrons. The first-order valence-corrected chi connectivity index (χ1v) is 13.8. The van der Waals surface area contributed by atoms with Crippen LogP contribution in [0.15, 0.2) is 66.7 Å². The van der Waals surface area contributed by atoms with Crippen LogP contribution in [0.3, 0.4) is 0 Å². The van der Waals surface area contributed by atoms with Crippen molar-refractivity contribution in [3.8, 4) is 5.75 Å². The summed E-state index contributed by atoms with van der Waals surface area (Å²) in [5.74, 6) is 1.73. The van der Waals surface area contributed by atoms with Crippen molar-refractivity contribution in [3.63, 3.8) is 0 Å². The fraction of sp³-hybridized carbons (Fsp3) is 0.438. The van der Waals surface area contributed by atoms with E-state index in [0.29, 0.717) is 17.2 Å². The van der Waals surface area contributed by atoms with Crippen LogP contribution in [-0.4, -0.2) is 42.5 Å². The zero-order chi connectivity index (χ0) is 25.4. The van der Waals surface area contributed by atoms with Gasteiger partial charge in [-0.25, -0.2) is 0 Å². The first-order valence-electron chi connectivity index (χ1n) is 13.8. The van der Waals surface area contributed by atoms with E-state index in [1.54, 1.807) is 0 Å². The predicted molar refractivity (Wildman–Crippen MR) is 146 cm³/mol. The predicted octanol–water partition coefficient (Wildman–Crippen LogP) is 5.72. The van der Waals surface area contributed by atoms with E-state index in [2.05, 4.69) is 34.5 Å². The molecule has 1 aliphatic heterocycles. The van der Waals surface area contributed by atoms with Crippen molar-refractivity contribution in [3.05, 3.63) is 77.9 Å². The summed E-state index contributed by atoms with van der Waals surface area (Å²) in [6, 6.07) is 22.3. The van der Waals surface area contributed by atoms with Crippen LogP contribution in [0.4, 0.5) is 0 Å². The lowest BCUT2D eigenvalue weighted by molar-refractivity contribution is -0.131. The molecule has 3 aromatic rings. The molecule has 3 fully saturated rings. The highest BCUT2D eigenvalue weighted by Crippen LogP contribution is 2.50. The lowest BCUT2D eigenvalue weighted by Gasteiger charge is -2.53. The molecule has 5 nitrogen and oxygen atoms in total. The van der Waals surface area contributed by atoms with E-state index in [4.69, 9.17) is 4.74 Å². The molecule has 1 N–H and O–H groups in total. The molecule has 6 rings (SSSR count). The number of carbonyl (C=O) groups excluding carboxylic acids is 2. The van der Waals surface area contributed by atoms with E-state index in [9.17, 15) is 9.59 Å². The number of nitrogens with one attached hydrogen (secondary N) is 1. The molecule has 1 heterocycles. The number of fused-ring (bicyclic) bond motifs is 2. The first-order chi connectivity index (χ1) is 18.0. The van der Waals surface area contributed by atoms with Crippen LogP contribution in [0, 0.1) is 11.8 Å². The van der Waals surface area contributed by atoms with Gasteiger partial charge in [0, 0.05) is 37.0 Å². The zero-order valence-corrected chi connectivity index (χ0v) is 21.6. The Hall–Kier alpha value is -3.18. The molecule has 0 radical (unpaired) electrons. The summed E-state index contributed by atoms with van der Waals surface area (Å²) >= 11 is 0. The second-order valence-electron chi connectivity index (χ2n) is 11.4. The summed E-state index contributed by atoms with van der Waals surface area (Å²) in [5, 5.41) is 5.62. The lowest BCUT2D eigenvalue weighted by atomic mass is 9.58. The first kappa shape index (κ1) is 24.2. The van der Waals surface area contributed by atoms with Crippen LogP contribution in [0.2, 0.25) is 0 Å². The van der Waals surface area contributed by atoms with Gasteiger partial charge in [-0.3, -0.25) is 9.59 Å². The zero-order valence-electron chi connectivity index (χ0n) is 21.6. The van der Waals surface area contributed by atoms with Gasteiger partial charge in [0.25, 0.3) is 5.91 Å². The number of piperidine rings is 1. The normalized spacial score (nSPS) is 25.9. The molecule has 0 bridgehead atoms. The van der Waals surface area contributed by atoms with Gasteiger partial charge < -0.3 is 15.0 Å². The van der Waals surface area contributed by atoms with Crippen LogP contribution in [0.1, 0.15) is 61.4 Å². The molecule has 0 aromatic heterocycles. The van der Waals surface area contributed by atoms with Crippen LogP contribution >= 0.6 is 0 Å².